The van der Waals surface area contributed by atoms with Crippen molar-refractivity contribution in [1.82, 2.24) is 15.1 Å². The van der Waals surface area contributed by atoms with E-state index in [0.29, 0.717) is 11.6 Å². The van der Waals surface area contributed by atoms with E-state index in [1.54, 1.807) is 16.8 Å². The lowest BCUT2D eigenvalue weighted by atomic mass is 10.1. The number of rotatable bonds is 3. The summed E-state index contributed by atoms with van der Waals surface area (Å²) in [5, 5.41) is 7.36. The van der Waals surface area contributed by atoms with Gasteiger partial charge in [-0.15, -0.1) is 0 Å². The first-order chi connectivity index (χ1) is 10.3. The van der Waals surface area contributed by atoms with Crippen LogP contribution in [0, 0.1) is 5.82 Å². The summed E-state index contributed by atoms with van der Waals surface area (Å²) < 4.78 is 14.9. The molecule has 116 valence electrons. The number of hydrogen-bond acceptors (Lipinski definition) is 2. The van der Waals surface area contributed by atoms with Crippen LogP contribution in [0.5, 0.6) is 0 Å². The number of amides is 1. The Morgan fingerprint density at radius 3 is 2.45 bits per heavy atom. The fourth-order valence-corrected chi connectivity index (χ4v) is 2.37. The van der Waals surface area contributed by atoms with Crippen LogP contribution in [0.2, 0.25) is 0 Å². The molecular formula is C17H20FN3O. The van der Waals surface area contributed by atoms with Gasteiger partial charge in [-0.3, -0.25) is 4.79 Å². The monoisotopic (exact) mass is 301 g/mol. The third-order valence-corrected chi connectivity index (χ3v) is 3.52. The van der Waals surface area contributed by atoms with Gasteiger partial charge in [0, 0.05) is 17.2 Å². The normalized spacial score (nSPS) is 14.9. The van der Waals surface area contributed by atoms with E-state index >= 15 is 0 Å². The van der Waals surface area contributed by atoms with E-state index in [-0.39, 0.29) is 17.3 Å². The highest BCUT2D eigenvalue weighted by Gasteiger charge is 2.30. The van der Waals surface area contributed by atoms with Gasteiger partial charge < -0.3 is 5.32 Å². The molecule has 1 aromatic carbocycles. The van der Waals surface area contributed by atoms with Gasteiger partial charge in [-0.05, 0) is 63.9 Å². The molecular weight excluding hydrogens is 281 g/mol. The molecule has 1 saturated carbocycles. The van der Waals surface area contributed by atoms with Crippen molar-refractivity contribution in [2.24, 2.45) is 0 Å². The first-order valence-corrected chi connectivity index (χ1v) is 7.52. The number of carbonyl (C=O) groups is 1. The fourth-order valence-electron chi connectivity index (χ4n) is 2.37. The van der Waals surface area contributed by atoms with Gasteiger partial charge in [0.25, 0.3) is 5.91 Å². The Bertz CT molecular complexity index is 694. The van der Waals surface area contributed by atoms with E-state index in [4.69, 9.17) is 0 Å². The SMILES string of the molecule is CC(C)(C)NC(=O)c1cc(C2CC2)n(-c2ccc(F)cc2)n1. The Balaban J connectivity index is 1.96. The molecule has 1 aliphatic carbocycles. The molecule has 0 saturated heterocycles. The van der Waals surface area contributed by atoms with E-state index in [1.165, 1.54) is 12.1 Å². The maximum atomic E-state index is 13.1. The molecule has 5 heteroatoms. The Kier molecular flexibility index (Phi) is 3.51. The second kappa shape index (κ2) is 5.23. The maximum absolute atomic E-state index is 13.1. The minimum absolute atomic E-state index is 0.185. The summed E-state index contributed by atoms with van der Waals surface area (Å²) in [4.78, 5) is 12.3. The summed E-state index contributed by atoms with van der Waals surface area (Å²) in [6, 6.07) is 8.02. The van der Waals surface area contributed by atoms with Crippen LogP contribution in [0.4, 0.5) is 4.39 Å². The van der Waals surface area contributed by atoms with Crippen LogP contribution in [0.1, 0.15) is 55.7 Å². The summed E-state index contributed by atoms with van der Waals surface area (Å²) in [5.74, 6) is -0.0291. The van der Waals surface area contributed by atoms with Crippen molar-refractivity contribution < 1.29 is 9.18 Å². The van der Waals surface area contributed by atoms with Crippen molar-refractivity contribution in [3.8, 4) is 5.69 Å². The molecule has 3 rings (SSSR count). The highest BCUT2D eigenvalue weighted by Crippen LogP contribution is 2.41. The number of hydrogen-bond donors (Lipinski definition) is 1. The van der Waals surface area contributed by atoms with E-state index in [9.17, 15) is 9.18 Å². The second-order valence-corrected chi connectivity index (χ2v) is 6.82. The lowest BCUT2D eigenvalue weighted by Crippen LogP contribution is -2.40. The minimum Gasteiger partial charge on any atom is -0.346 e. The summed E-state index contributed by atoms with van der Waals surface area (Å²) in [6.07, 6.45) is 2.21. The Morgan fingerprint density at radius 1 is 1.27 bits per heavy atom. The zero-order valence-electron chi connectivity index (χ0n) is 13.1. The summed E-state index contributed by atoms with van der Waals surface area (Å²) in [7, 11) is 0. The van der Waals surface area contributed by atoms with Crippen molar-refractivity contribution in [3.63, 3.8) is 0 Å². The second-order valence-electron chi connectivity index (χ2n) is 6.82. The minimum atomic E-state index is -0.309. The van der Waals surface area contributed by atoms with Crippen LogP contribution in [0.25, 0.3) is 5.69 Å². The molecule has 1 aromatic heterocycles. The van der Waals surface area contributed by atoms with Gasteiger partial charge in [-0.25, -0.2) is 9.07 Å². The van der Waals surface area contributed by atoms with E-state index < -0.39 is 0 Å². The van der Waals surface area contributed by atoms with Crippen molar-refractivity contribution in [3.05, 3.63) is 47.5 Å². The highest BCUT2D eigenvalue weighted by molar-refractivity contribution is 5.93. The molecule has 1 heterocycles. The third kappa shape index (κ3) is 3.18. The number of nitrogens with zero attached hydrogens (tertiary/aromatic N) is 2. The quantitative estimate of drug-likeness (QED) is 0.944. The van der Waals surface area contributed by atoms with Gasteiger partial charge in [0.15, 0.2) is 5.69 Å². The van der Waals surface area contributed by atoms with Gasteiger partial charge >= 0.3 is 0 Å². The van der Waals surface area contributed by atoms with Gasteiger partial charge in [0.05, 0.1) is 5.69 Å². The molecule has 2 aromatic rings. The average Bonchev–Trinajstić information content (AvgIpc) is 3.17. The van der Waals surface area contributed by atoms with Crippen LogP contribution >= 0.6 is 0 Å². The lowest BCUT2D eigenvalue weighted by molar-refractivity contribution is 0.0914. The van der Waals surface area contributed by atoms with Crippen LogP contribution in [-0.2, 0) is 0 Å². The number of halogens is 1. The van der Waals surface area contributed by atoms with E-state index in [2.05, 4.69) is 10.4 Å². The topological polar surface area (TPSA) is 46.9 Å². The van der Waals surface area contributed by atoms with Gasteiger partial charge in [0.1, 0.15) is 5.82 Å². The molecule has 4 nitrogen and oxygen atoms in total. The Hall–Kier alpha value is -2.17. The fraction of sp³-hybridized carbons (Fsp3) is 0.412. The molecule has 22 heavy (non-hydrogen) atoms. The number of nitrogens with one attached hydrogen (secondary N) is 1. The Morgan fingerprint density at radius 2 is 1.91 bits per heavy atom. The van der Waals surface area contributed by atoms with Gasteiger partial charge in [-0.2, -0.15) is 5.10 Å². The standard InChI is InChI=1S/C17H20FN3O/c1-17(2,3)19-16(22)14-10-15(11-4-5-11)21(20-14)13-8-6-12(18)7-9-13/h6-11H,4-5H2,1-3H3,(H,19,22). The zero-order chi connectivity index (χ0) is 15.9. The summed E-state index contributed by atoms with van der Waals surface area (Å²) in [5.41, 5.74) is 1.89. The first-order valence-electron chi connectivity index (χ1n) is 7.52. The highest BCUT2D eigenvalue weighted by atomic mass is 19.1. The molecule has 0 radical (unpaired) electrons. The largest absolute Gasteiger partial charge is 0.346 e. The molecule has 0 spiro atoms. The molecule has 0 aliphatic heterocycles. The molecule has 1 aliphatic rings. The van der Waals surface area contributed by atoms with E-state index in [1.807, 2.05) is 26.8 Å². The molecule has 1 fully saturated rings. The van der Waals surface area contributed by atoms with E-state index in [0.717, 1.165) is 24.2 Å². The average molecular weight is 301 g/mol. The van der Waals surface area contributed by atoms with Crippen molar-refractivity contribution in [2.75, 3.05) is 0 Å². The molecule has 0 unspecified atom stereocenters. The molecule has 1 amide bonds. The smallest absolute Gasteiger partial charge is 0.272 e. The molecule has 1 N–H and O–H groups in total. The van der Waals surface area contributed by atoms with Crippen LogP contribution < -0.4 is 5.32 Å². The van der Waals surface area contributed by atoms with Gasteiger partial charge in [0.2, 0.25) is 0 Å². The van der Waals surface area contributed by atoms with Crippen molar-refractivity contribution >= 4 is 5.91 Å². The predicted octanol–water partition coefficient (Wildman–Crippen LogP) is 3.42. The summed E-state index contributed by atoms with van der Waals surface area (Å²) >= 11 is 0. The van der Waals surface area contributed by atoms with Crippen LogP contribution in [-0.4, -0.2) is 21.2 Å². The first kappa shape index (κ1) is 14.8. The molecule has 0 atom stereocenters. The van der Waals surface area contributed by atoms with Crippen LogP contribution in [0.3, 0.4) is 0 Å². The van der Waals surface area contributed by atoms with Crippen LogP contribution in [0.15, 0.2) is 30.3 Å². The summed E-state index contributed by atoms with van der Waals surface area (Å²) in [6.45, 7) is 5.80. The zero-order valence-corrected chi connectivity index (χ0v) is 13.1. The van der Waals surface area contributed by atoms with Gasteiger partial charge in [-0.1, -0.05) is 0 Å². The maximum Gasteiger partial charge on any atom is 0.272 e. The predicted molar refractivity (Wildman–Crippen MR) is 82.7 cm³/mol. The Labute approximate surface area is 129 Å². The number of carbonyl (C=O) groups excluding carboxylic acids is 1. The van der Waals surface area contributed by atoms with Crippen molar-refractivity contribution in [2.45, 2.75) is 45.1 Å². The number of aromatic nitrogens is 2. The third-order valence-electron chi connectivity index (χ3n) is 3.52. The molecule has 0 bridgehead atoms. The van der Waals surface area contributed by atoms with Crippen molar-refractivity contribution in [1.29, 1.82) is 0 Å². The number of benzene rings is 1. The lowest BCUT2D eigenvalue weighted by Gasteiger charge is -2.19.